The van der Waals surface area contributed by atoms with E-state index in [1.165, 1.54) is 18.2 Å². The molecule has 0 amide bonds. The minimum absolute atomic E-state index is 0.0621. The largest absolute Gasteiger partial charge is 0.488 e. The molecule has 1 rings (SSSR count). The van der Waals surface area contributed by atoms with Crippen molar-refractivity contribution in [2.75, 3.05) is 13.7 Å². The highest BCUT2D eigenvalue weighted by molar-refractivity contribution is 6.32. The quantitative estimate of drug-likeness (QED) is 0.591. The molecule has 0 saturated heterocycles. The van der Waals surface area contributed by atoms with Crippen molar-refractivity contribution in [3.63, 3.8) is 0 Å². The van der Waals surface area contributed by atoms with Crippen LogP contribution in [0.4, 0.5) is 5.69 Å². The van der Waals surface area contributed by atoms with E-state index in [2.05, 4.69) is 0 Å². The van der Waals surface area contributed by atoms with Crippen molar-refractivity contribution < 1.29 is 14.4 Å². The van der Waals surface area contributed by atoms with Gasteiger partial charge in [-0.25, -0.2) is 0 Å². The molecule has 0 aliphatic rings. The van der Waals surface area contributed by atoms with Crippen LogP contribution in [0.5, 0.6) is 5.75 Å². The van der Waals surface area contributed by atoms with E-state index in [1.807, 2.05) is 6.92 Å². The molecule has 1 atom stereocenters. The Morgan fingerprint density at radius 2 is 2.25 bits per heavy atom. The molecule has 0 heterocycles. The maximum Gasteiger partial charge on any atom is 0.288 e. The topological polar surface area (TPSA) is 61.6 Å². The molecule has 5 nitrogen and oxygen atoms in total. The maximum atomic E-state index is 10.5. The molecule has 0 radical (unpaired) electrons. The predicted octanol–water partition coefficient (Wildman–Crippen LogP) is 2.66. The molecular formula is C10H12ClNO4. The molecule has 0 fully saturated rings. The van der Waals surface area contributed by atoms with E-state index in [4.69, 9.17) is 21.1 Å². The lowest BCUT2D eigenvalue weighted by molar-refractivity contribution is -0.384. The van der Waals surface area contributed by atoms with E-state index in [1.54, 1.807) is 7.11 Å². The van der Waals surface area contributed by atoms with Crippen LogP contribution < -0.4 is 4.74 Å². The van der Waals surface area contributed by atoms with Crippen molar-refractivity contribution in [3.8, 4) is 5.75 Å². The highest BCUT2D eigenvalue weighted by atomic mass is 35.5. The van der Waals surface area contributed by atoms with Gasteiger partial charge >= 0.3 is 0 Å². The first-order chi connectivity index (χ1) is 7.54. The van der Waals surface area contributed by atoms with Gasteiger partial charge in [-0.15, -0.1) is 0 Å². The van der Waals surface area contributed by atoms with Gasteiger partial charge in [0.25, 0.3) is 5.69 Å². The van der Waals surface area contributed by atoms with Gasteiger partial charge < -0.3 is 9.47 Å². The Morgan fingerprint density at radius 3 is 2.75 bits per heavy atom. The fourth-order valence-electron chi connectivity index (χ4n) is 1.21. The lowest BCUT2D eigenvalue weighted by Gasteiger charge is -2.13. The summed E-state index contributed by atoms with van der Waals surface area (Å²) < 4.78 is 10.3. The number of hydrogen-bond acceptors (Lipinski definition) is 4. The zero-order valence-corrected chi connectivity index (χ0v) is 9.73. The molecule has 6 heteroatoms. The Balaban J connectivity index is 2.77. The van der Waals surface area contributed by atoms with Crippen molar-refractivity contribution in [2.24, 2.45) is 0 Å². The monoisotopic (exact) mass is 245 g/mol. The number of nitro groups is 1. The summed E-state index contributed by atoms with van der Waals surface area (Å²) in [6.07, 6.45) is -0.137. The van der Waals surface area contributed by atoms with Crippen molar-refractivity contribution >= 4 is 17.3 Å². The van der Waals surface area contributed by atoms with Crippen LogP contribution in [0.1, 0.15) is 6.92 Å². The number of nitrogens with zero attached hydrogens (tertiary/aromatic N) is 1. The van der Waals surface area contributed by atoms with Gasteiger partial charge in [0.15, 0.2) is 0 Å². The first kappa shape index (κ1) is 12.7. The molecule has 0 bridgehead atoms. The second-order valence-electron chi connectivity index (χ2n) is 3.25. The Morgan fingerprint density at radius 1 is 1.56 bits per heavy atom. The summed E-state index contributed by atoms with van der Waals surface area (Å²) in [7, 11) is 1.57. The van der Waals surface area contributed by atoms with Crippen molar-refractivity contribution in [2.45, 2.75) is 13.0 Å². The molecule has 88 valence electrons. The van der Waals surface area contributed by atoms with Gasteiger partial charge in [-0.1, -0.05) is 11.6 Å². The molecule has 16 heavy (non-hydrogen) atoms. The molecule has 0 N–H and O–H groups in total. The highest BCUT2D eigenvalue weighted by Gasteiger charge is 2.13. The molecule has 0 aliphatic carbocycles. The Kier molecular flexibility index (Phi) is 4.52. The number of methoxy groups -OCH3 is 1. The summed E-state index contributed by atoms with van der Waals surface area (Å²) >= 11 is 5.73. The lowest BCUT2D eigenvalue weighted by Crippen LogP contribution is -2.17. The van der Waals surface area contributed by atoms with Gasteiger partial charge in [0.2, 0.25) is 0 Å². The normalized spacial score (nSPS) is 12.2. The summed E-state index contributed by atoms with van der Waals surface area (Å²) in [4.78, 5) is 9.98. The third-order valence-electron chi connectivity index (χ3n) is 1.85. The first-order valence-corrected chi connectivity index (χ1v) is 5.02. The van der Waals surface area contributed by atoms with Crippen molar-refractivity contribution in [1.82, 2.24) is 0 Å². The van der Waals surface area contributed by atoms with Crippen LogP contribution in [0, 0.1) is 10.1 Å². The number of halogens is 1. The zero-order valence-electron chi connectivity index (χ0n) is 8.97. The van der Waals surface area contributed by atoms with Gasteiger partial charge in [0, 0.05) is 19.2 Å². The number of hydrogen-bond donors (Lipinski definition) is 0. The van der Waals surface area contributed by atoms with E-state index in [-0.39, 0.29) is 16.8 Å². The van der Waals surface area contributed by atoms with Crippen LogP contribution in [0.2, 0.25) is 5.02 Å². The van der Waals surface area contributed by atoms with Crippen LogP contribution in [0.15, 0.2) is 18.2 Å². The summed E-state index contributed by atoms with van der Waals surface area (Å²) in [5, 5.41) is 10.6. The lowest BCUT2D eigenvalue weighted by atomic mass is 10.3. The Bertz CT molecular complexity index is 383. The zero-order chi connectivity index (χ0) is 12.1. The molecule has 0 aliphatic heterocycles. The molecule has 1 aromatic rings. The summed E-state index contributed by atoms with van der Waals surface area (Å²) in [6, 6.07) is 4.25. The average molecular weight is 246 g/mol. The van der Waals surface area contributed by atoms with E-state index in [9.17, 15) is 10.1 Å². The smallest absolute Gasteiger partial charge is 0.288 e. The fourth-order valence-corrected chi connectivity index (χ4v) is 1.45. The van der Waals surface area contributed by atoms with Crippen molar-refractivity contribution in [1.29, 1.82) is 0 Å². The number of nitro benzene ring substituents is 1. The highest BCUT2D eigenvalue weighted by Crippen LogP contribution is 2.28. The van der Waals surface area contributed by atoms with Gasteiger partial charge in [-0.3, -0.25) is 10.1 Å². The Labute approximate surface area is 98.1 Å². The summed E-state index contributed by atoms with van der Waals surface area (Å²) in [5.74, 6) is 0.486. The number of rotatable bonds is 5. The van der Waals surface area contributed by atoms with Gasteiger partial charge in [-0.2, -0.15) is 0 Å². The SMILES string of the molecule is COCC(C)Oc1ccc([N+](=O)[O-])c(Cl)c1. The second kappa shape index (κ2) is 5.67. The molecule has 0 spiro atoms. The van der Waals surface area contributed by atoms with Crippen molar-refractivity contribution in [3.05, 3.63) is 33.3 Å². The van der Waals surface area contributed by atoms with Gasteiger partial charge in [0.05, 0.1) is 11.5 Å². The minimum Gasteiger partial charge on any atom is -0.488 e. The van der Waals surface area contributed by atoms with E-state index in [0.29, 0.717) is 12.4 Å². The minimum atomic E-state index is -0.537. The number of benzene rings is 1. The molecule has 1 unspecified atom stereocenters. The van der Waals surface area contributed by atoms with Crippen LogP contribution >= 0.6 is 11.6 Å². The molecule has 1 aromatic carbocycles. The number of ether oxygens (including phenoxy) is 2. The third-order valence-corrected chi connectivity index (χ3v) is 2.16. The first-order valence-electron chi connectivity index (χ1n) is 4.64. The standard InChI is InChI=1S/C10H12ClNO4/c1-7(6-15-2)16-8-3-4-10(12(13)14)9(11)5-8/h3-5,7H,6H2,1-2H3. The summed E-state index contributed by atoms with van der Waals surface area (Å²) in [6.45, 7) is 2.27. The Hall–Kier alpha value is -1.33. The maximum absolute atomic E-state index is 10.5. The average Bonchev–Trinajstić information content (AvgIpc) is 2.17. The summed E-state index contributed by atoms with van der Waals surface area (Å²) in [5.41, 5.74) is -0.131. The van der Waals surface area contributed by atoms with E-state index < -0.39 is 4.92 Å². The predicted molar refractivity (Wildman–Crippen MR) is 60.1 cm³/mol. The molecular weight excluding hydrogens is 234 g/mol. The molecule has 0 saturated carbocycles. The fraction of sp³-hybridized carbons (Fsp3) is 0.400. The van der Waals surface area contributed by atoms with Gasteiger partial charge in [-0.05, 0) is 13.0 Å². The third kappa shape index (κ3) is 3.36. The second-order valence-corrected chi connectivity index (χ2v) is 3.66. The van der Waals surface area contributed by atoms with E-state index >= 15 is 0 Å². The van der Waals surface area contributed by atoms with Crippen LogP contribution in [-0.2, 0) is 4.74 Å². The van der Waals surface area contributed by atoms with Crippen LogP contribution in [0.3, 0.4) is 0 Å². The van der Waals surface area contributed by atoms with Crippen LogP contribution in [0.25, 0.3) is 0 Å². The van der Waals surface area contributed by atoms with Gasteiger partial charge in [0.1, 0.15) is 16.9 Å². The van der Waals surface area contributed by atoms with E-state index in [0.717, 1.165) is 0 Å². The van der Waals surface area contributed by atoms with Crippen LogP contribution in [-0.4, -0.2) is 24.7 Å². The molecule has 0 aromatic heterocycles.